The van der Waals surface area contributed by atoms with Gasteiger partial charge in [0.25, 0.3) is 0 Å². The first-order valence-corrected chi connectivity index (χ1v) is 7.75. The Labute approximate surface area is 142 Å². The predicted molar refractivity (Wildman–Crippen MR) is 97.1 cm³/mol. The molecule has 7 heteroatoms. The first kappa shape index (κ1) is 17.6. The Bertz CT molecular complexity index is 401. The molecule has 0 aromatic carbocycles. The normalized spacial score (nSPS) is 22.4. The Morgan fingerprint density at radius 3 is 2.95 bits per heavy atom. The van der Waals surface area contributed by atoms with Gasteiger partial charge in [0.05, 0.1) is 6.33 Å². The van der Waals surface area contributed by atoms with E-state index in [1.165, 1.54) is 18.6 Å². The molecule has 5 nitrogen and oxygen atoms in total. The Hall–Kier alpha value is -0.440. The van der Waals surface area contributed by atoms with E-state index in [0.29, 0.717) is 4.75 Å². The van der Waals surface area contributed by atoms with Gasteiger partial charge in [-0.25, -0.2) is 4.98 Å². The standard InChI is InChI=1S/C13H23N5S.HI/c1-13(4-3-9-19-13)10-17-12(14-2)16-6-8-18-7-5-15-11-18;/h5,7,11H,3-4,6,8-10H2,1-2H3,(H2,14,16,17);1H. The Morgan fingerprint density at radius 1 is 1.50 bits per heavy atom. The molecule has 0 radical (unpaired) electrons. The number of hydrogen-bond acceptors (Lipinski definition) is 3. The molecule has 0 spiro atoms. The van der Waals surface area contributed by atoms with Gasteiger partial charge in [0.2, 0.25) is 0 Å². The molecule has 0 saturated carbocycles. The van der Waals surface area contributed by atoms with Crippen LogP contribution in [0.25, 0.3) is 0 Å². The molecule has 2 rings (SSSR count). The van der Waals surface area contributed by atoms with Crippen LogP contribution in [0.3, 0.4) is 0 Å². The second-order valence-electron chi connectivity index (χ2n) is 5.05. The zero-order chi connectivity index (χ0) is 13.6. The number of hydrogen-bond donors (Lipinski definition) is 2. The fourth-order valence-corrected chi connectivity index (χ4v) is 3.43. The van der Waals surface area contributed by atoms with Crippen LogP contribution in [0, 0.1) is 0 Å². The fourth-order valence-electron chi connectivity index (χ4n) is 2.19. The summed E-state index contributed by atoms with van der Waals surface area (Å²) in [5, 5.41) is 6.76. The summed E-state index contributed by atoms with van der Waals surface area (Å²) in [6.07, 6.45) is 8.21. The molecule has 1 aliphatic rings. The van der Waals surface area contributed by atoms with Crippen LogP contribution in [0.2, 0.25) is 0 Å². The van der Waals surface area contributed by atoms with Crippen LogP contribution in [-0.2, 0) is 6.54 Å². The fraction of sp³-hybridized carbons (Fsp3) is 0.692. The highest BCUT2D eigenvalue weighted by molar-refractivity contribution is 14.0. The van der Waals surface area contributed by atoms with Gasteiger partial charge in [-0.2, -0.15) is 11.8 Å². The molecular formula is C13H24IN5S. The van der Waals surface area contributed by atoms with Crippen molar-refractivity contribution in [3.63, 3.8) is 0 Å². The monoisotopic (exact) mass is 409 g/mol. The highest BCUT2D eigenvalue weighted by Gasteiger charge is 2.29. The minimum Gasteiger partial charge on any atom is -0.355 e. The number of rotatable bonds is 5. The van der Waals surface area contributed by atoms with Gasteiger partial charge < -0.3 is 15.2 Å². The molecule has 2 N–H and O–H groups in total. The lowest BCUT2D eigenvalue weighted by atomic mass is 10.1. The number of imidazole rings is 1. The van der Waals surface area contributed by atoms with Gasteiger partial charge in [-0.15, -0.1) is 24.0 Å². The molecule has 1 aromatic rings. The minimum absolute atomic E-state index is 0. The first-order valence-electron chi connectivity index (χ1n) is 6.76. The summed E-state index contributed by atoms with van der Waals surface area (Å²) >= 11 is 2.06. The van der Waals surface area contributed by atoms with Crippen LogP contribution in [0.15, 0.2) is 23.7 Å². The maximum atomic E-state index is 4.26. The summed E-state index contributed by atoms with van der Waals surface area (Å²) < 4.78 is 2.41. The Morgan fingerprint density at radius 2 is 2.35 bits per heavy atom. The molecule has 20 heavy (non-hydrogen) atoms. The average molecular weight is 409 g/mol. The molecule has 0 bridgehead atoms. The Balaban J connectivity index is 0.00000200. The van der Waals surface area contributed by atoms with Crippen LogP contribution < -0.4 is 10.6 Å². The maximum Gasteiger partial charge on any atom is 0.191 e. The summed E-state index contributed by atoms with van der Waals surface area (Å²) in [4.78, 5) is 8.28. The van der Waals surface area contributed by atoms with Gasteiger partial charge in [-0.05, 0) is 25.5 Å². The van der Waals surface area contributed by atoms with Crippen molar-refractivity contribution in [2.45, 2.75) is 31.1 Å². The van der Waals surface area contributed by atoms with E-state index in [9.17, 15) is 0 Å². The molecule has 1 saturated heterocycles. The van der Waals surface area contributed by atoms with E-state index in [4.69, 9.17) is 0 Å². The molecule has 1 unspecified atom stereocenters. The smallest absolute Gasteiger partial charge is 0.191 e. The summed E-state index contributed by atoms with van der Waals surface area (Å²) in [6.45, 7) is 5.05. The molecule has 1 aliphatic heterocycles. The molecule has 1 aromatic heterocycles. The Kier molecular flexibility index (Phi) is 7.71. The van der Waals surface area contributed by atoms with Crippen molar-refractivity contribution in [2.75, 3.05) is 25.9 Å². The van der Waals surface area contributed by atoms with Crippen LogP contribution >= 0.6 is 35.7 Å². The lowest BCUT2D eigenvalue weighted by molar-refractivity contribution is 0.581. The van der Waals surface area contributed by atoms with Crippen molar-refractivity contribution in [1.82, 2.24) is 20.2 Å². The molecule has 1 atom stereocenters. The zero-order valence-corrected chi connectivity index (χ0v) is 15.3. The van der Waals surface area contributed by atoms with Crippen LogP contribution in [0.4, 0.5) is 0 Å². The van der Waals surface area contributed by atoms with Crippen LogP contribution in [0.5, 0.6) is 0 Å². The molecule has 2 heterocycles. The number of thioether (sulfide) groups is 1. The summed E-state index contributed by atoms with van der Waals surface area (Å²) in [6, 6.07) is 0. The number of aromatic nitrogens is 2. The van der Waals surface area contributed by atoms with E-state index in [0.717, 1.165) is 25.6 Å². The number of nitrogens with one attached hydrogen (secondary N) is 2. The van der Waals surface area contributed by atoms with E-state index < -0.39 is 0 Å². The summed E-state index contributed by atoms with van der Waals surface area (Å²) in [7, 11) is 1.82. The zero-order valence-electron chi connectivity index (χ0n) is 12.1. The summed E-state index contributed by atoms with van der Waals surface area (Å²) in [5.41, 5.74) is 0. The topological polar surface area (TPSA) is 54.2 Å². The van der Waals surface area contributed by atoms with E-state index in [1.807, 2.05) is 19.6 Å². The number of guanidine groups is 1. The second kappa shape index (κ2) is 8.76. The van der Waals surface area contributed by atoms with Gasteiger partial charge in [-0.3, -0.25) is 4.99 Å². The highest BCUT2D eigenvalue weighted by atomic mass is 127. The summed E-state index contributed by atoms with van der Waals surface area (Å²) in [5.74, 6) is 2.17. The quantitative estimate of drug-likeness (QED) is 0.444. The van der Waals surface area contributed by atoms with Crippen molar-refractivity contribution in [2.24, 2.45) is 4.99 Å². The number of aliphatic imine (C=N–C) groups is 1. The highest BCUT2D eigenvalue weighted by Crippen LogP contribution is 2.36. The van der Waals surface area contributed by atoms with Crippen molar-refractivity contribution < 1.29 is 0 Å². The van der Waals surface area contributed by atoms with Gasteiger partial charge in [0.1, 0.15) is 0 Å². The van der Waals surface area contributed by atoms with Crippen molar-refractivity contribution in [1.29, 1.82) is 0 Å². The van der Waals surface area contributed by atoms with E-state index in [2.05, 4.69) is 43.9 Å². The van der Waals surface area contributed by atoms with Crippen LogP contribution in [0.1, 0.15) is 19.8 Å². The number of halogens is 1. The van der Waals surface area contributed by atoms with Crippen molar-refractivity contribution >= 4 is 41.7 Å². The van der Waals surface area contributed by atoms with Crippen molar-refractivity contribution in [3.8, 4) is 0 Å². The SMILES string of the molecule is CN=C(NCCn1ccnc1)NCC1(C)CCCS1.I. The predicted octanol–water partition coefficient (Wildman–Crippen LogP) is 1.95. The molecule has 1 fully saturated rings. The van der Waals surface area contributed by atoms with Gasteiger partial charge >= 0.3 is 0 Å². The molecule has 0 aliphatic carbocycles. The number of nitrogens with zero attached hydrogens (tertiary/aromatic N) is 3. The average Bonchev–Trinajstić information content (AvgIpc) is 3.06. The third-order valence-electron chi connectivity index (χ3n) is 3.38. The molecular weight excluding hydrogens is 385 g/mol. The van der Waals surface area contributed by atoms with E-state index in [1.54, 1.807) is 6.20 Å². The minimum atomic E-state index is 0. The lowest BCUT2D eigenvalue weighted by Gasteiger charge is -2.24. The third kappa shape index (κ3) is 5.51. The third-order valence-corrected chi connectivity index (χ3v) is 4.91. The lowest BCUT2D eigenvalue weighted by Crippen LogP contribution is -2.44. The van der Waals surface area contributed by atoms with E-state index >= 15 is 0 Å². The van der Waals surface area contributed by atoms with Gasteiger partial charge in [0.15, 0.2) is 5.96 Å². The second-order valence-corrected chi connectivity index (χ2v) is 6.74. The largest absolute Gasteiger partial charge is 0.355 e. The van der Waals surface area contributed by atoms with Crippen molar-refractivity contribution in [3.05, 3.63) is 18.7 Å². The molecule has 0 amide bonds. The van der Waals surface area contributed by atoms with Gasteiger partial charge in [0, 0.05) is 43.8 Å². The van der Waals surface area contributed by atoms with Gasteiger partial charge in [-0.1, -0.05) is 0 Å². The van der Waals surface area contributed by atoms with Crippen LogP contribution in [-0.4, -0.2) is 46.1 Å². The maximum absolute atomic E-state index is 4.26. The molecule has 114 valence electrons. The first-order chi connectivity index (χ1) is 9.22. The van der Waals surface area contributed by atoms with E-state index in [-0.39, 0.29) is 24.0 Å².